The van der Waals surface area contributed by atoms with Gasteiger partial charge in [0.15, 0.2) is 0 Å². The van der Waals surface area contributed by atoms with Crippen molar-refractivity contribution in [3.63, 3.8) is 0 Å². The average molecular weight is 229 g/mol. The van der Waals surface area contributed by atoms with Crippen LogP contribution in [0.2, 0.25) is 0 Å². The maximum absolute atomic E-state index is 2.59. The maximum atomic E-state index is 2.59. The van der Waals surface area contributed by atoms with Gasteiger partial charge in [0, 0.05) is 6.54 Å². The fourth-order valence-electron chi connectivity index (χ4n) is 2.62. The van der Waals surface area contributed by atoms with Gasteiger partial charge in [-0.1, -0.05) is 43.3 Å². The van der Waals surface area contributed by atoms with Crippen LogP contribution in [0.3, 0.4) is 0 Å². The van der Waals surface area contributed by atoms with Crippen molar-refractivity contribution in [2.75, 3.05) is 19.6 Å². The average Bonchev–Trinajstić information content (AvgIpc) is 2.83. The molecule has 1 aromatic carbocycles. The van der Waals surface area contributed by atoms with E-state index >= 15 is 0 Å². The Labute approximate surface area is 105 Å². The number of hydrogen-bond acceptors (Lipinski definition) is 1. The molecule has 1 aliphatic heterocycles. The number of benzene rings is 1. The van der Waals surface area contributed by atoms with Gasteiger partial charge in [-0.05, 0) is 49.9 Å². The lowest BCUT2D eigenvalue weighted by molar-refractivity contribution is 0.320. The Bertz CT molecular complexity index is 375. The molecule has 0 bridgehead atoms. The van der Waals surface area contributed by atoms with Crippen LogP contribution >= 0.6 is 0 Å². The molecule has 1 aliphatic rings. The highest BCUT2D eigenvalue weighted by Crippen LogP contribution is 2.20. The topological polar surface area (TPSA) is 3.24 Å². The highest BCUT2D eigenvalue weighted by atomic mass is 15.1. The smallest absolute Gasteiger partial charge is 0.00476 e. The van der Waals surface area contributed by atoms with Gasteiger partial charge in [-0.3, -0.25) is 0 Å². The first-order chi connectivity index (χ1) is 8.29. The van der Waals surface area contributed by atoms with Gasteiger partial charge in [0.05, 0.1) is 0 Å². The molecule has 17 heavy (non-hydrogen) atoms. The van der Waals surface area contributed by atoms with E-state index in [4.69, 9.17) is 0 Å². The summed E-state index contributed by atoms with van der Waals surface area (Å²) in [4.78, 5) is 2.59. The monoisotopic (exact) mass is 229 g/mol. The predicted molar refractivity (Wildman–Crippen MR) is 75.2 cm³/mol. The quantitative estimate of drug-likeness (QED) is 0.756. The van der Waals surface area contributed by atoms with E-state index in [1.807, 2.05) is 0 Å². The third-order valence-electron chi connectivity index (χ3n) is 3.57. The van der Waals surface area contributed by atoms with E-state index in [1.54, 1.807) is 0 Å². The molecule has 1 atom stereocenters. The molecular weight excluding hydrogens is 206 g/mol. The molecule has 1 heterocycles. The Morgan fingerprint density at radius 1 is 1.29 bits per heavy atom. The first-order valence-electron chi connectivity index (χ1n) is 6.74. The molecule has 1 saturated heterocycles. The molecule has 0 amide bonds. The molecule has 0 aliphatic carbocycles. The van der Waals surface area contributed by atoms with Gasteiger partial charge < -0.3 is 4.90 Å². The van der Waals surface area contributed by atoms with Crippen LogP contribution in [0.25, 0.3) is 6.08 Å². The highest BCUT2D eigenvalue weighted by Gasteiger charge is 2.15. The predicted octanol–water partition coefficient (Wildman–Crippen LogP) is 3.92. The Morgan fingerprint density at radius 2 is 2.06 bits per heavy atom. The van der Waals surface area contributed by atoms with Crippen LogP contribution in [-0.4, -0.2) is 24.5 Å². The molecule has 0 saturated carbocycles. The zero-order valence-corrected chi connectivity index (χ0v) is 11.0. The van der Waals surface area contributed by atoms with E-state index in [-0.39, 0.29) is 0 Å². The summed E-state index contributed by atoms with van der Waals surface area (Å²) in [5, 5.41) is 0. The van der Waals surface area contributed by atoms with Gasteiger partial charge in [0.2, 0.25) is 0 Å². The van der Waals surface area contributed by atoms with E-state index < -0.39 is 0 Å². The SMILES string of the molecule is CC=Cc1cccc([C@H](C)CN2CCCC2)c1. The van der Waals surface area contributed by atoms with Crippen molar-refractivity contribution < 1.29 is 0 Å². The summed E-state index contributed by atoms with van der Waals surface area (Å²) in [6, 6.07) is 8.92. The highest BCUT2D eigenvalue weighted by molar-refractivity contribution is 5.50. The normalized spacial score (nSPS) is 18.9. The number of nitrogens with zero attached hydrogens (tertiary/aromatic N) is 1. The molecule has 2 rings (SSSR count). The summed E-state index contributed by atoms with van der Waals surface area (Å²) < 4.78 is 0. The Hall–Kier alpha value is -1.08. The van der Waals surface area contributed by atoms with Crippen molar-refractivity contribution in [3.05, 3.63) is 41.5 Å². The second-order valence-electron chi connectivity index (χ2n) is 5.08. The molecule has 0 aromatic heterocycles. The molecule has 0 radical (unpaired) electrons. The minimum Gasteiger partial charge on any atom is -0.303 e. The largest absolute Gasteiger partial charge is 0.303 e. The third kappa shape index (κ3) is 3.44. The first-order valence-corrected chi connectivity index (χ1v) is 6.74. The van der Waals surface area contributed by atoms with Gasteiger partial charge in [0.1, 0.15) is 0 Å². The zero-order valence-electron chi connectivity index (χ0n) is 11.0. The second-order valence-corrected chi connectivity index (χ2v) is 5.08. The third-order valence-corrected chi connectivity index (χ3v) is 3.57. The molecule has 0 spiro atoms. The maximum Gasteiger partial charge on any atom is 0.00476 e. The zero-order chi connectivity index (χ0) is 12.1. The summed E-state index contributed by atoms with van der Waals surface area (Å²) >= 11 is 0. The second kappa shape index (κ2) is 6.02. The van der Waals surface area contributed by atoms with Crippen LogP contribution in [0.1, 0.15) is 43.7 Å². The summed E-state index contributed by atoms with van der Waals surface area (Å²) in [7, 11) is 0. The van der Waals surface area contributed by atoms with Crippen LogP contribution in [0.15, 0.2) is 30.3 Å². The summed E-state index contributed by atoms with van der Waals surface area (Å²) in [5.41, 5.74) is 2.78. The van der Waals surface area contributed by atoms with E-state index in [9.17, 15) is 0 Å². The van der Waals surface area contributed by atoms with Gasteiger partial charge in [0.25, 0.3) is 0 Å². The lowest BCUT2D eigenvalue weighted by Crippen LogP contribution is -2.24. The number of hydrogen-bond donors (Lipinski definition) is 0. The molecule has 1 fully saturated rings. The molecule has 1 aromatic rings. The van der Waals surface area contributed by atoms with Crippen molar-refractivity contribution in [3.8, 4) is 0 Å². The fraction of sp³-hybridized carbons (Fsp3) is 0.500. The van der Waals surface area contributed by atoms with Crippen LogP contribution in [0.5, 0.6) is 0 Å². The van der Waals surface area contributed by atoms with Crippen molar-refractivity contribution in [1.82, 2.24) is 4.90 Å². The van der Waals surface area contributed by atoms with E-state index in [0.717, 1.165) is 0 Å². The minimum atomic E-state index is 0.637. The molecule has 92 valence electrons. The molecule has 0 N–H and O–H groups in total. The van der Waals surface area contributed by atoms with Crippen LogP contribution in [0, 0.1) is 0 Å². The number of allylic oxidation sites excluding steroid dienone is 1. The van der Waals surface area contributed by atoms with Crippen molar-refractivity contribution in [1.29, 1.82) is 0 Å². The Kier molecular flexibility index (Phi) is 4.38. The summed E-state index contributed by atoms with van der Waals surface area (Å²) in [6.07, 6.45) is 7.03. The lowest BCUT2D eigenvalue weighted by Gasteiger charge is -2.20. The minimum absolute atomic E-state index is 0.637. The van der Waals surface area contributed by atoms with Crippen molar-refractivity contribution in [2.24, 2.45) is 0 Å². The van der Waals surface area contributed by atoms with Crippen molar-refractivity contribution >= 4 is 6.08 Å². The Morgan fingerprint density at radius 3 is 2.76 bits per heavy atom. The summed E-state index contributed by atoms with van der Waals surface area (Å²) in [6.45, 7) is 8.20. The molecular formula is C16H23N. The first kappa shape index (κ1) is 12.4. The van der Waals surface area contributed by atoms with Gasteiger partial charge in [-0.15, -0.1) is 0 Å². The van der Waals surface area contributed by atoms with E-state index in [1.165, 1.54) is 43.6 Å². The van der Waals surface area contributed by atoms with E-state index in [2.05, 4.69) is 55.2 Å². The van der Waals surface area contributed by atoms with Crippen molar-refractivity contribution in [2.45, 2.75) is 32.6 Å². The number of likely N-dealkylation sites (tertiary alicyclic amines) is 1. The van der Waals surface area contributed by atoms with Crippen LogP contribution in [-0.2, 0) is 0 Å². The van der Waals surface area contributed by atoms with Gasteiger partial charge >= 0.3 is 0 Å². The van der Waals surface area contributed by atoms with Crippen LogP contribution in [0.4, 0.5) is 0 Å². The fourth-order valence-corrected chi connectivity index (χ4v) is 2.62. The molecule has 1 nitrogen and oxygen atoms in total. The molecule has 0 unspecified atom stereocenters. The van der Waals surface area contributed by atoms with Gasteiger partial charge in [-0.25, -0.2) is 0 Å². The summed E-state index contributed by atoms with van der Waals surface area (Å²) in [5.74, 6) is 0.637. The van der Waals surface area contributed by atoms with E-state index in [0.29, 0.717) is 5.92 Å². The number of rotatable bonds is 4. The van der Waals surface area contributed by atoms with Crippen LogP contribution < -0.4 is 0 Å². The standard InChI is InChI=1S/C16H23N/c1-3-7-15-8-6-9-16(12-15)14(2)13-17-10-4-5-11-17/h3,6-9,12,14H,4-5,10-11,13H2,1-2H3/t14-/m1/s1. The Balaban J connectivity index is 2.02. The molecule has 1 heteroatoms. The van der Waals surface area contributed by atoms with Gasteiger partial charge in [-0.2, -0.15) is 0 Å². The lowest BCUT2D eigenvalue weighted by atomic mass is 9.98.